The highest BCUT2D eigenvalue weighted by Crippen LogP contribution is 2.44. The molecular weight excluding hydrogens is 396 g/mol. The molecule has 2 aromatic carbocycles. The molecule has 0 atom stereocenters. The van der Waals surface area contributed by atoms with E-state index >= 15 is 0 Å². The minimum absolute atomic E-state index is 0.0310. The van der Waals surface area contributed by atoms with E-state index in [4.69, 9.17) is 9.84 Å². The molecule has 0 spiro atoms. The van der Waals surface area contributed by atoms with E-state index in [9.17, 15) is 14.4 Å². The van der Waals surface area contributed by atoms with Crippen molar-refractivity contribution in [3.63, 3.8) is 0 Å². The summed E-state index contributed by atoms with van der Waals surface area (Å²) in [6, 6.07) is 16.3. The first kappa shape index (κ1) is 20.9. The van der Waals surface area contributed by atoms with Gasteiger partial charge in [-0.2, -0.15) is 0 Å². The summed E-state index contributed by atoms with van der Waals surface area (Å²) in [4.78, 5) is 35.5. The molecule has 0 unspecified atom stereocenters. The van der Waals surface area contributed by atoms with Crippen molar-refractivity contribution in [2.24, 2.45) is 0 Å². The van der Waals surface area contributed by atoms with Gasteiger partial charge in [0.1, 0.15) is 13.2 Å². The van der Waals surface area contributed by atoms with E-state index in [1.807, 2.05) is 24.3 Å². The lowest BCUT2D eigenvalue weighted by atomic mass is 9.93. The topological polar surface area (TPSA) is 105 Å². The Hall–Kier alpha value is -3.35. The molecule has 0 radical (unpaired) electrons. The van der Waals surface area contributed by atoms with Crippen molar-refractivity contribution < 1.29 is 24.2 Å². The first-order valence-electron chi connectivity index (χ1n) is 10.6. The van der Waals surface area contributed by atoms with Crippen LogP contribution in [0, 0.1) is 0 Å². The van der Waals surface area contributed by atoms with Gasteiger partial charge in [-0.25, -0.2) is 4.79 Å². The molecule has 2 aromatic rings. The number of carboxylic acid groups (broad SMARTS) is 1. The van der Waals surface area contributed by atoms with Crippen LogP contribution in [0.4, 0.5) is 4.79 Å². The van der Waals surface area contributed by atoms with Crippen LogP contribution in [-0.2, 0) is 14.3 Å². The molecule has 3 N–H and O–H groups in total. The van der Waals surface area contributed by atoms with Crippen LogP contribution in [0.15, 0.2) is 48.5 Å². The van der Waals surface area contributed by atoms with E-state index < -0.39 is 24.1 Å². The number of alkyl carbamates (subject to hydrolysis) is 1. The second-order valence-corrected chi connectivity index (χ2v) is 8.29. The van der Waals surface area contributed by atoms with E-state index in [1.54, 1.807) is 0 Å². The molecule has 31 heavy (non-hydrogen) atoms. The molecule has 1 saturated carbocycles. The van der Waals surface area contributed by atoms with E-state index in [-0.39, 0.29) is 24.9 Å². The number of fused-ring (bicyclic) bond motifs is 3. The number of rotatable bonds is 7. The van der Waals surface area contributed by atoms with Gasteiger partial charge in [-0.3, -0.25) is 9.59 Å². The Balaban J connectivity index is 1.40. The van der Waals surface area contributed by atoms with Gasteiger partial charge in [0.05, 0.1) is 5.54 Å². The summed E-state index contributed by atoms with van der Waals surface area (Å²) >= 11 is 0. The lowest BCUT2D eigenvalue weighted by Gasteiger charge is -2.29. The third kappa shape index (κ3) is 4.55. The van der Waals surface area contributed by atoms with Crippen LogP contribution in [0.3, 0.4) is 0 Å². The van der Waals surface area contributed by atoms with Crippen LogP contribution in [-0.4, -0.2) is 41.8 Å². The Bertz CT molecular complexity index is 951. The van der Waals surface area contributed by atoms with Crippen LogP contribution in [0.25, 0.3) is 11.1 Å². The number of carbonyl (C=O) groups is 3. The van der Waals surface area contributed by atoms with Gasteiger partial charge in [-0.1, -0.05) is 61.4 Å². The quantitative estimate of drug-likeness (QED) is 0.634. The number of aliphatic carboxylic acids is 1. The van der Waals surface area contributed by atoms with Crippen molar-refractivity contribution in [3.05, 3.63) is 59.7 Å². The van der Waals surface area contributed by atoms with Crippen molar-refractivity contribution in [2.75, 3.05) is 13.2 Å². The lowest BCUT2D eigenvalue weighted by Crippen LogP contribution is -2.50. The molecular formula is C24H26N2O5. The number of carbonyl (C=O) groups excluding carboxylic acids is 2. The summed E-state index contributed by atoms with van der Waals surface area (Å²) in [5.41, 5.74) is 3.91. The smallest absolute Gasteiger partial charge is 0.407 e. The predicted octanol–water partition coefficient (Wildman–Crippen LogP) is 3.43. The molecule has 0 aromatic heterocycles. The summed E-state index contributed by atoms with van der Waals surface area (Å²) in [7, 11) is 0. The van der Waals surface area contributed by atoms with E-state index in [0.29, 0.717) is 12.8 Å². The number of hydrogen-bond acceptors (Lipinski definition) is 4. The fourth-order valence-electron chi connectivity index (χ4n) is 4.79. The number of carboxylic acids is 1. The molecule has 7 heteroatoms. The van der Waals surface area contributed by atoms with E-state index in [1.165, 1.54) is 0 Å². The zero-order valence-corrected chi connectivity index (χ0v) is 17.2. The maximum Gasteiger partial charge on any atom is 0.407 e. The Morgan fingerprint density at radius 1 is 0.968 bits per heavy atom. The molecule has 0 heterocycles. The van der Waals surface area contributed by atoms with Gasteiger partial charge >= 0.3 is 12.1 Å². The normalized spacial score (nSPS) is 16.3. The molecule has 0 bridgehead atoms. The van der Waals surface area contributed by atoms with Crippen molar-refractivity contribution in [3.8, 4) is 11.1 Å². The monoisotopic (exact) mass is 422 g/mol. The second-order valence-electron chi connectivity index (χ2n) is 8.29. The minimum Gasteiger partial charge on any atom is -0.480 e. The van der Waals surface area contributed by atoms with E-state index in [2.05, 4.69) is 34.9 Å². The maximum atomic E-state index is 12.7. The highest BCUT2D eigenvalue weighted by atomic mass is 16.5. The maximum absolute atomic E-state index is 12.7. The third-order valence-electron chi connectivity index (χ3n) is 6.21. The van der Waals surface area contributed by atoms with Gasteiger partial charge in [0.15, 0.2) is 0 Å². The van der Waals surface area contributed by atoms with Crippen LogP contribution >= 0.6 is 0 Å². The van der Waals surface area contributed by atoms with Crippen LogP contribution in [0.1, 0.15) is 49.1 Å². The summed E-state index contributed by atoms with van der Waals surface area (Å²) in [5, 5.41) is 14.0. The molecule has 7 nitrogen and oxygen atoms in total. The van der Waals surface area contributed by atoms with Gasteiger partial charge in [-0.05, 0) is 35.1 Å². The lowest BCUT2D eigenvalue weighted by molar-refractivity contribution is -0.138. The van der Waals surface area contributed by atoms with Crippen molar-refractivity contribution >= 4 is 18.0 Å². The molecule has 2 aliphatic carbocycles. The summed E-state index contributed by atoms with van der Waals surface area (Å²) in [6.45, 7) is -0.221. The first-order valence-corrected chi connectivity index (χ1v) is 10.6. The third-order valence-corrected chi connectivity index (χ3v) is 6.21. The SMILES string of the molecule is O=C(O)CNC(=O)CC1(NC(=O)OCC2c3ccccc3-c3ccccc32)CCCC1. The number of hydrogen-bond donors (Lipinski definition) is 3. The number of amides is 2. The van der Waals surface area contributed by atoms with Gasteiger partial charge in [-0.15, -0.1) is 0 Å². The predicted molar refractivity (Wildman–Crippen MR) is 115 cm³/mol. The van der Waals surface area contributed by atoms with Crippen LogP contribution < -0.4 is 10.6 Å². The Labute approximate surface area is 180 Å². The zero-order valence-electron chi connectivity index (χ0n) is 17.2. The Kier molecular flexibility index (Phi) is 5.93. The fraction of sp³-hybridized carbons (Fsp3) is 0.375. The minimum atomic E-state index is -1.10. The zero-order chi connectivity index (χ0) is 21.8. The van der Waals surface area contributed by atoms with Crippen molar-refractivity contribution in [2.45, 2.75) is 43.6 Å². The van der Waals surface area contributed by atoms with Gasteiger partial charge in [0.25, 0.3) is 0 Å². The molecule has 162 valence electrons. The number of ether oxygens (including phenoxy) is 1. The molecule has 0 saturated heterocycles. The summed E-state index contributed by atoms with van der Waals surface area (Å²) in [6.07, 6.45) is 2.63. The van der Waals surface area contributed by atoms with Gasteiger partial charge < -0.3 is 20.5 Å². The molecule has 2 amide bonds. The standard InChI is InChI=1S/C24H26N2O5/c27-21(25-14-22(28)29)13-24(11-5-6-12-24)26-23(30)31-15-20-18-9-3-1-7-16(18)17-8-2-4-10-19(17)20/h1-4,7-10,20H,5-6,11-15H2,(H,25,27)(H,26,30)(H,28,29). The highest BCUT2D eigenvalue weighted by Gasteiger charge is 2.38. The Morgan fingerprint density at radius 2 is 1.55 bits per heavy atom. The molecule has 4 rings (SSSR count). The van der Waals surface area contributed by atoms with Crippen LogP contribution in [0.5, 0.6) is 0 Å². The average Bonchev–Trinajstić information content (AvgIpc) is 3.33. The molecule has 2 aliphatic rings. The van der Waals surface area contributed by atoms with Crippen LogP contribution in [0.2, 0.25) is 0 Å². The van der Waals surface area contributed by atoms with Gasteiger partial charge in [0.2, 0.25) is 5.91 Å². The molecule has 0 aliphatic heterocycles. The Morgan fingerprint density at radius 3 is 2.13 bits per heavy atom. The summed E-state index contributed by atoms with van der Waals surface area (Å²) < 4.78 is 5.63. The number of nitrogens with one attached hydrogen (secondary N) is 2. The van der Waals surface area contributed by atoms with E-state index in [0.717, 1.165) is 35.1 Å². The second kappa shape index (κ2) is 8.79. The number of benzene rings is 2. The summed E-state index contributed by atoms with van der Waals surface area (Å²) in [5.74, 6) is -1.52. The fourth-order valence-corrected chi connectivity index (χ4v) is 4.79. The first-order chi connectivity index (χ1) is 15.0. The highest BCUT2D eigenvalue weighted by molar-refractivity contribution is 5.83. The van der Waals surface area contributed by atoms with Crippen molar-refractivity contribution in [1.29, 1.82) is 0 Å². The van der Waals surface area contributed by atoms with Gasteiger partial charge in [0, 0.05) is 12.3 Å². The largest absolute Gasteiger partial charge is 0.480 e. The average molecular weight is 422 g/mol. The molecule has 1 fully saturated rings. The van der Waals surface area contributed by atoms with Crippen molar-refractivity contribution in [1.82, 2.24) is 10.6 Å².